The molecule has 4 fully saturated rings. The van der Waals surface area contributed by atoms with Crippen molar-refractivity contribution < 1.29 is 19.4 Å². The van der Waals surface area contributed by atoms with Crippen molar-refractivity contribution in [2.45, 2.75) is 105 Å². The summed E-state index contributed by atoms with van der Waals surface area (Å²) in [5, 5.41) is 11.8. The Balaban J connectivity index is 1.63. The highest BCUT2D eigenvalue weighted by Crippen LogP contribution is 2.69. The highest BCUT2D eigenvalue weighted by Gasteiger charge is 2.65. The summed E-state index contributed by atoms with van der Waals surface area (Å²) in [5.41, 5.74) is 0.482. The van der Waals surface area contributed by atoms with Gasteiger partial charge in [0.1, 0.15) is 12.4 Å². The normalized spacial score (nSPS) is 50.0. The third-order valence-electron chi connectivity index (χ3n) is 10.9. The molecule has 0 amide bonds. The molecule has 0 heterocycles. The summed E-state index contributed by atoms with van der Waals surface area (Å²) >= 11 is 0. The smallest absolute Gasteiger partial charge is 0.302 e. The number of esters is 1. The monoisotopic (exact) mass is 432 g/mol. The van der Waals surface area contributed by atoms with E-state index in [0.717, 1.165) is 32.0 Å². The van der Waals surface area contributed by atoms with Gasteiger partial charge in [0.2, 0.25) is 0 Å². The molecule has 0 bridgehead atoms. The maximum absolute atomic E-state index is 11.8. The molecule has 0 aliphatic heterocycles. The zero-order valence-corrected chi connectivity index (χ0v) is 20.3. The molecule has 0 aromatic rings. The van der Waals surface area contributed by atoms with E-state index in [4.69, 9.17) is 4.74 Å². The van der Waals surface area contributed by atoms with E-state index in [9.17, 15) is 14.7 Å². The summed E-state index contributed by atoms with van der Waals surface area (Å²) in [4.78, 5) is 22.8. The van der Waals surface area contributed by atoms with Gasteiger partial charge in [-0.25, -0.2) is 0 Å². The van der Waals surface area contributed by atoms with Gasteiger partial charge in [-0.15, -0.1) is 0 Å². The number of fused-ring (bicyclic) bond motifs is 5. The van der Waals surface area contributed by atoms with Gasteiger partial charge >= 0.3 is 5.97 Å². The minimum Gasteiger partial charge on any atom is -0.463 e. The van der Waals surface area contributed by atoms with E-state index >= 15 is 0 Å². The van der Waals surface area contributed by atoms with Crippen molar-refractivity contribution in [3.8, 4) is 0 Å². The van der Waals surface area contributed by atoms with Gasteiger partial charge in [0.15, 0.2) is 0 Å². The number of aliphatic hydroxyl groups excluding tert-OH is 1. The Morgan fingerprint density at radius 3 is 2.42 bits per heavy atom. The molecule has 11 atom stereocenters. The Labute approximate surface area is 188 Å². The first-order valence-corrected chi connectivity index (χ1v) is 13.0. The van der Waals surface area contributed by atoms with Crippen molar-refractivity contribution >= 4 is 12.3 Å². The van der Waals surface area contributed by atoms with Crippen LogP contribution in [0.4, 0.5) is 0 Å². The lowest BCUT2D eigenvalue weighted by atomic mass is 9.41. The number of ether oxygens (including phenoxy) is 1. The van der Waals surface area contributed by atoms with E-state index in [0.29, 0.717) is 47.8 Å². The molecule has 4 aliphatic carbocycles. The fraction of sp³-hybridized carbons (Fsp3) is 0.926. The zero-order valence-electron chi connectivity index (χ0n) is 20.3. The lowest BCUT2D eigenvalue weighted by Gasteiger charge is -2.64. The number of carbonyl (C=O) groups is 2. The van der Waals surface area contributed by atoms with E-state index in [1.807, 2.05) is 0 Å². The quantitative estimate of drug-likeness (QED) is 0.466. The van der Waals surface area contributed by atoms with Crippen LogP contribution in [0, 0.1) is 52.3 Å². The second-order valence-corrected chi connectivity index (χ2v) is 12.1. The SMILES string of the molecule is CC[C@H]1[C@@H](O)C2C3CCC([C@H](C)CC=O)[C@@]3(C)CCC2[C@@]2(C)CC[C@@H](OC(C)=O)C[C@@H]12. The molecule has 4 rings (SSSR count). The summed E-state index contributed by atoms with van der Waals surface area (Å²) in [7, 11) is 0. The van der Waals surface area contributed by atoms with Crippen molar-refractivity contribution in [2.24, 2.45) is 52.3 Å². The van der Waals surface area contributed by atoms with Gasteiger partial charge in [0, 0.05) is 13.3 Å². The lowest BCUT2D eigenvalue weighted by molar-refractivity contribution is -0.207. The van der Waals surface area contributed by atoms with Gasteiger partial charge in [0.25, 0.3) is 0 Å². The van der Waals surface area contributed by atoms with Gasteiger partial charge in [-0.3, -0.25) is 4.79 Å². The minimum atomic E-state index is -0.256. The molecule has 4 heteroatoms. The molecule has 0 aromatic heterocycles. The van der Waals surface area contributed by atoms with Crippen LogP contribution in [0.25, 0.3) is 0 Å². The van der Waals surface area contributed by atoms with Crippen LogP contribution < -0.4 is 0 Å². The van der Waals surface area contributed by atoms with E-state index < -0.39 is 0 Å². The molecule has 4 aliphatic rings. The Kier molecular flexibility index (Phi) is 6.35. The first-order valence-electron chi connectivity index (χ1n) is 13.0. The summed E-state index contributed by atoms with van der Waals surface area (Å²) in [5.74, 6) is 3.09. The molecule has 0 radical (unpaired) electrons. The van der Waals surface area contributed by atoms with Crippen molar-refractivity contribution in [1.29, 1.82) is 0 Å². The molecule has 0 spiro atoms. The minimum absolute atomic E-state index is 0.0160. The fourth-order valence-electron chi connectivity index (χ4n) is 9.57. The Hall–Kier alpha value is -0.900. The average Bonchev–Trinajstić information content (AvgIpc) is 3.06. The van der Waals surface area contributed by atoms with Crippen LogP contribution in [-0.2, 0) is 14.3 Å². The maximum Gasteiger partial charge on any atom is 0.302 e. The van der Waals surface area contributed by atoms with Crippen LogP contribution >= 0.6 is 0 Å². The maximum atomic E-state index is 11.8. The molecule has 0 saturated heterocycles. The van der Waals surface area contributed by atoms with Crippen LogP contribution in [-0.4, -0.2) is 29.6 Å². The number of aliphatic hydroxyl groups is 1. The number of rotatable bonds is 5. The van der Waals surface area contributed by atoms with Gasteiger partial charge < -0.3 is 14.6 Å². The first-order chi connectivity index (χ1) is 14.7. The number of hydrogen-bond donors (Lipinski definition) is 1. The first kappa shape index (κ1) is 23.3. The highest BCUT2D eigenvalue weighted by atomic mass is 16.5. The van der Waals surface area contributed by atoms with Crippen LogP contribution in [0.1, 0.15) is 92.4 Å². The lowest BCUT2D eigenvalue weighted by Crippen LogP contribution is -2.62. The largest absolute Gasteiger partial charge is 0.463 e. The number of hydrogen-bond acceptors (Lipinski definition) is 4. The van der Waals surface area contributed by atoms with Crippen LogP contribution in [0.2, 0.25) is 0 Å². The molecular formula is C27H44O4. The van der Waals surface area contributed by atoms with Crippen molar-refractivity contribution in [3.05, 3.63) is 0 Å². The van der Waals surface area contributed by atoms with E-state index in [1.54, 1.807) is 0 Å². The zero-order chi connectivity index (χ0) is 22.6. The Bertz CT molecular complexity index is 691. The van der Waals surface area contributed by atoms with E-state index in [2.05, 4.69) is 27.7 Å². The second-order valence-electron chi connectivity index (χ2n) is 12.1. The van der Waals surface area contributed by atoms with Crippen molar-refractivity contribution in [1.82, 2.24) is 0 Å². The predicted octanol–water partition coefficient (Wildman–Crippen LogP) is 5.41. The third kappa shape index (κ3) is 3.60. The van der Waals surface area contributed by atoms with Gasteiger partial charge in [0.05, 0.1) is 6.10 Å². The van der Waals surface area contributed by atoms with Crippen LogP contribution in [0.3, 0.4) is 0 Å². The van der Waals surface area contributed by atoms with Gasteiger partial charge in [-0.2, -0.15) is 0 Å². The Morgan fingerprint density at radius 2 is 1.77 bits per heavy atom. The number of carbonyl (C=O) groups excluding carboxylic acids is 2. The fourth-order valence-corrected chi connectivity index (χ4v) is 9.57. The highest BCUT2D eigenvalue weighted by molar-refractivity contribution is 5.66. The third-order valence-corrected chi connectivity index (χ3v) is 10.9. The molecule has 4 saturated carbocycles. The molecule has 176 valence electrons. The van der Waals surface area contributed by atoms with E-state index in [1.165, 1.54) is 32.6 Å². The van der Waals surface area contributed by atoms with Crippen LogP contribution in [0.5, 0.6) is 0 Å². The van der Waals surface area contributed by atoms with Gasteiger partial charge in [-0.05, 0) is 97.2 Å². The number of aldehydes is 1. The van der Waals surface area contributed by atoms with E-state index in [-0.39, 0.29) is 29.0 Å². The molecule has 31 heavy (non-hydrogen) atoms. The summed E-state index contributed by atoms with van der Waals surface area (Å²) in [6, 6.07) is 0. The van der Waals surface area contributed by atoms with Crippen molar-refractivity contribution in [2.75, 3.05) is 0 Å². The molecular weight excluding hydrogens is 388 g/mol. The topological polar surface area (TPSA) is 63.6 Å². The molecule has 4 unspecified atom stereocenters. The summed E-state index contributed by atoms with van der Waals surface area (Å²) in [6.45, 7) is 11.0. The van der Waals surface area contributed by atoms with Crippen LogP contribution in [0.15, 0.2) is 0 Å². The Morgan fingerprint density at radius 1 is 1.10 bits per heavy atom. The summed E-state index contributed by atoms with van der Waals surface area (Å²) in [6.07, 6.45) is 10.3. The van der Waals surface area contributed by atoms with Crippen molar-refractivity contribution in [3.63, 3.8) is 0 Å². The molecule has 1 N–H and O–H groups in total. The summed E-state index contributed by atoms with van der Waals surface area (Å²) < 4.78 is 5.65. The second kappa shape index (κ2) is 8.47. The van der Waals surface area contributed by atoms with Gasteiger partial charge in [-0.1, -0.05) is 34.1 Å². The average molecular weight is 433 g/mol. The predicted molar refractivity (Wildman–Crippen MR) is 121 cm³/mol. The molecule has 0 aromatic carbocycles. The standard InChI is InChI=1S/C27H44O4/c1-6-19-23-15-18(31-17(3)29)9-12-27(23,5)22-10-13-26(4)20(16(2)11-14-28)7-8-21(26)24(22)25(19)30/h14,16,18-25,30H,6-13,15H2,1-5H3/t16-,18-,19-,20?,21?,22?,23+,24?,25-,26-,27-/m1/s1. The molecule has 4 nitrogen and oxygen atoms in total.